The minimum Gasteiger partial charge on any atom is -0.494 e. The molecule has 0 aliphatic heterocycles. The summed E-state index contributed by atoms with van der Waals surface area (Å²) in [4.78, 5) is 0. The van der Waals surface area contributed by atoms with Crippen molar-refractivity contribution in [3.63, 3.8) is 0 Å². The maximum atomic E-state index is 11.4. The number of fused-ring (bicyclic) bond motifs is 1. The zero-order chi connectivity index (χ0) is 23.1. The summed E-state index contributed by atoms with van der Waals surface area (Å²) in [7, 11) is 0. The van der Waals surface area contributed by atoms with Crippen LogP contribution in [-0.2, 0) is 28.5 Å². The van der Waals surface area contributed by atoms with Gasteiger partial charge in [-0.25, -0.2) is 0 Å². The van der Waals surface area contributed by atoms with Gasteiger partial charge in [0.15, 0.2) is 0 Å². The van der Waals surface area contributed by atoms with Gasteiger partial charge in [-0.05, 0) is 41.8 Å². The lowest BCUT2D eigenvalue weighted by atomic mass is 9.88. The van der Waals surface area contributed by atoms with Gasteiger partial charge in [-0.3, -0.25) is 0 Å². The maximum absolute atomic E-state index is 11.4. The van der Waals surface area contributed by atoms with Crippen molar-refractivity contribution in [1.29, 1.82) is 0 Å². The summed E-state index contributed by atoms with van der Waals surface area (Å²) in [6.45, 7) is 3.20. The highest BCUT2D eigenvalue weighted by molar-refractivity contribution is 5.69. The predicted octanol–water partition coefficient (Wildman–Crippen LogP) is 5.16. The van der Waals surface area contributed by atoms with Gasteiger partial charge < -0.3 is 24.4 Å². The molecule has 0 aromatic heterocycles. The fourth-order valence-corrected chi connectivity index (χ4v) is 3.76. The normalized spacial score (nSPS) is 19.5. The van der Waals surface area contributed by atoms with Crippen molar-refractivity contribution in [2.75, 3.05) is 6.61 Å². The SMILES string of the molecule is CCCCOc1ccc2c(c1)C(OCc1ccccc1)=CC(O)C2(O)OCc1ccccc1. The first-order valence-electron chi connectivity index (χ1n) is 11.3. The van der Waals surface area contributed by atoms with E-state index in [2.05, 4.69) is 6.92 Å². The molecule has 0 radical (unpaired) electrons. The second-order valence-corrected chi connectivity index (χ2v) is 8.13. The third kappa shape index (κ3) is 5.45. The summed E-state index contributed by atoms with van der Waals surface area (Å²) < 4.78 is 17.9. The van der Waals surface area contributed by atoms with Crippen LogP contribution in [0.4, 0.5) is 0 Å². The van der Waals surface area contributed by atoms with Gasteiger partial charge in [0.1, 0.15) is 24.2 Å². The number of aliphatic hydroxyl groups excluding tert-OH is 1. The second kappa shape index (κ2) is 10.7. The highest BCUT2D eigenvalue weighted by atomic mass is 16.6. The van der Waals surface area contributed by atoms with E-state index in [0.29, 0.717) is 35.8 Å². The van der Waals surface area contributed by atoms with Gasteiger partial charge in [-0.2, -0.15) is 0 Å². The molecule has 4 rings (SSSR count). The van der Waals surface area contributed by atoms with E-state index in [1.165, 1.54) is 6.08 Å². The van der Waals surface area contributed by atoms with Crippen LogP contribution in [0.3, 0.4) is 0 Å². The Morgan fingerprint density at radius 2 is 1.52 bits per heavy atom. The molecule has 0 heterocycles. The Hall–Kier alpha value is -3.12. The first-order valence-corrected chi connectivity index (χ1v) is 11.3. The van der Waals surface area contributed by atoms with E-state index in [1.54, 1.807) is 12.1 Å². The van der Waals surface area contributed by atoms with Crippen LogP contribution in [0.5, 0.6) is 5.75 Å². The molecule has 0 bridgehead atoms. The van der Waals surface area contributed by atoms with Crippen molar-refractivity contribution < 1.29 is 24.4 Å². The Morgan fingerprint density at radius 3 is 2.18 bits per heavy atom. The quantitative estimate of drug-likeness (QED) is 0.333. The van der Waals surface area contributed by atoms with Crippen molar-refractivity contribution in [3.05, 3.63) is 107 Å². The molecule has 2 N–H and O–H groups in total. The Morgan fingerprint density at radius 1 is 0.848 bits per heavy atom. The van der Waals surface area contributed by atoms with Crippen LogP contribution >= 0.6 is 0 Å². The van der Waals surface area contributed by atoms with Crippen LogP contribution in [0.25, 0.3) is 5.76 Å². The molecule has 0 saturated carbocycles. The molecule has 3 aromatic carbocycles. The summed E-state index contributed by atoms with van der Waals surface area (Å²) >= 11 is 0. The number of rotatable bonds is 10. The lowest BCUT2D eigenvalue weighted by Gasteiger charge is -2.37. The van der Waals surface area contributed by atoms with Crippen LogP contribution in [0, 0.1) is 0 Å². The Labute approximate surface area is 194 Å². The van der Waals surface area contributed by atoms with E-state index in [9.17, 15) is 10.2 Å². The van der Waals surface area contributed by atoms with Gasteiger partial charge in [-0.1, -0.05) is 74.0 Å². The molecule has 172 valence electrons. The van der Waals surface area contributed by atoms with Crippen LogP contribution in [0.15, 0.2) is 84.9 Å². The molecule has 1 aliphatic carbocycles. The number of aliphatic hydroxyl groups is 2. The number of ether oxygens (including phenoxy) is 3. The monoisotopic (exact) mass is 446 g/mol. The van der Waals surface area contributed by atoms with E-state index in [0.717, 1.165) is 24.0 Å². The average Bonchev–Trinajstić information content (AvgIpc) is 2.86. The van der Waals surface area contributed by atoms with Crippen molar-refractivity contribution in [3.8, 4) is 5.75 Å². The molecule has 1 aliphatic rings. The standard InChI is InChI=1S/C28H30O5/c1-2-3-16-31-23-14-15-25-24(17-23)26(32-19-21-10-6-4-7-11-21)18-27(29)28(25,30)33-20-22-12-8-5-9-13-22/h4-15,17-18,27,29-30H,2-3,16,19-20H2,1H3. The fourth-order valence-electron chi connectivity index (χ4n) is 3.76. The topological polar surface area (TPSA) is 68.2 Å². The summed E-state index contributed by atoms with van der Waals surface area (Å²) in [5.74, 6) is -0.749. The van der Waals surface area contributed by atoms with Gasteiger partial charge >= 0.3 is 0 Å². The van der Waals surface area contributed by atoms with Crippen molar-refractivity contribution >= 4 is 5.76 Å². The summed E-state index contributed by atoms with van der Waals surface area (Å²) in [5, 5.41) is 22.3. The van der Waals surface area contributed by atoms with Gasteiger partial charge in [0.25, 0.3) is 0 Å². The van der Waals surface area contributed by atoms with Gasteiger partial charge in [0.2, 0.25) is 5.79 Å². The van der Waals surface area contributed by atoms with Gasteiger partial charge in [-0.15, -0.1) is 0 Å². The van der Waals surface area contributed by atoms with Gasteiger partial charge in [0, 0.05) is 11.1 Å². The average molecular weight is 447 g/mol. The van der Waals surface area contributed by atoms with Crippen molar-refractivity contribution in [1.82, 2.24) is 0 Å². The van der Waals surface area contributed by atoms with Crippen molar-refractivity contribution in [2.24, 2.45) is 0 Å². The zero-order valence-corrected chi connectivity index (χ0v) is 18.8. The molecular weight excluding hydrogens is 416 g/mol. The van der Waals surface area contributed by atoms with E-state index in [-0.39, 0.29) is 6.61 Å². The first kappa shape index (κ1) is 23.1. The predicted molar refractivity (Wildman–Crippen MR) is 127 cm³/mol. The largest absolute Gasteiger partial charge is 0.494 e. The maximum Gasteiger partial charge on any atom is 0.224 e. The molecule has 0 amide bonds. The van der Waals surface area contributed by atoms with E-state index in [1.807, 2.05) is 66.7 Å². The second-order valence-electron chi connectivity index (χ2n) is 8.13. The number of unbranched alkanes of at least 4 members (excludes halogenated alkanes) is 1. The summed E-state index contributed by atoms with van der Waals surface area (Å²) in [6.07, 6.45) is 2.20. The molecule has 0 saturated heterocycles. The van der Waals surface area contributed by atoms with E-state index < -0.39 is 11.9 Å². The van der Waals surface area contributed by atoms with E-state index >= 15 is 0 Å². The smallest absolute Gasteiger partial charge is 0.224 e. The highest BCUT2D eigenvalue weighted by Crippen LogP contribution is 2.41. The molecule has 3 aromatic rings. The summed E-state index contributed by atoms with van der Waals surface area (Å²) in [5.41, 5.74) is 2.99. The Kier molecular flexibility index (Phi) is 7.45. The number of benzene rings is 3. The molecule has 33 heavy (non-hydrogen) atoms. The lowest BCUT2D eigenvalue weighted by molar-refractivity contribution is -0.262. The molecule has 5 heteroatoms. The number of hydrogen-bond donors (Lipinski definition) is 2. The van der Waals surface area contributed by atoms with Crippen LogP contribution in [0.2, 0.25) is 0 Å². The van der Waals surface area contributed by atoms with Crippen molar-refractivity contribution in [2.45, 2.75) is 44.9 Å². The highest BCUT2D eigenvalue weighted by Gasteiger charge is 2.44. The fraction of sp³-hybridized carbons (Fsp3) is 0.286. The van der Waals surface area contributed by atoms with Crippen LogP contribution < -0.4 is 4.74 Å². The minimum atomic E-state index is -1.91. The Bertz CT molecular complexity index is 1060. The molecule has 5 nitrogen and oxygen atoms in total. The first-order chi connectivity index (χ1) is 16.1. The lowest BCUT2D eigenvalue weighted by Crippen LogP contribution is -2.44. The molecule has 0 spiro atoms. The molecular formula is C28H30O5. The summed E-state index contributed by atoms with van der Waals surface area (Å²) in [6, 6.07) is 24.7. The van der Waals surface area contributed by atoms with Crippen LogP contribution in [-0.4, -0.2) is 22.9 Å². The van der Waals surface area contributed by atoms with Gasteiger partial charge in [0.05, 0.1) is 13.2 Å². The molecule has 0 fully saturated rings. The van der Waals surface area contributed by atoms with E-state index in [4.69, 9.17) is 14.2 Å². The molecule has 2 unspecified atom stereocenters. The minimum absolute atomic E-state index is 0.149. The zero-order valence-electron chi connectivity index (χ0n) is 18.8. The molecule has 2 atom stereocenters. The third-order valence-electron chi connectivity index (χ3n) is 5.66. The number of hydrogen-bond acceptors (Lipinski definition) is 5. The third-order valence-corrected chi connectivity index (χ3v) is 5.66. The Balaban J connectivity index is 1.62. The van der Waals surface area contributed by atoms with Crippen LogP contribution in [0.1, 0.15) is 42.0 Å².